The molecule has 0 spiro atoms. The van der Waals surface area contributed by atoms with Crippen molar-refractivity contribution in [2.75, 3.05) is 6.54 Å². The van der Waals surface area contributed by atoms with Crippen LogP contribution in [0, 0.1) is 0 Å². The highest BCUT2D eigenvalue weighted by molar-refractivity contribution is 7.12. The summed E-state index contributed by atoms with van der Waals surface area (Å²) in [5, 5.41) is 1.95. The van der Waals surface area contributed by atoms with Gasteiger partial charge >= 0.3 is 0 Å². The second-order valence-electron chi connectivity index (χ2n) is 5.52. The van der Waals surface area contributed by atoms with Gasteiger partial charge in [0.1, 0.15) is 0 Å². The van der Waals surface area contributed by atoms with E-state index >= 15 is 0 Å². The Morgan fingerprint density at radius 3 is 1.83 bits per heavy atom. The van der Waals surface area contributed by atoms with Crippen LogP contribution in [0.15, 0.2) is 78.2 Å². The molecule has 3 heteroatoms. The molecule has 0 radical (unpaired) electrons. The molecule has 0 atom stereocenters. The Morgan fingerprint density at radius 2 is 1.35 bits per heavy atom. The third-order valence-corrected chi connectivity index (χ3v) is 4.57. The number of carbonyl (C=O) groups is 1. The number of Topliss-reactive ketones (excluding diaryl/α,β-unsaturated/α-hetero) is 1. The van der Waals surface area contributed by atoms with Gasteiger partial charge in [-0.15, -0.1) is 11.3 Å². The van der Waals surface area contributed by atoms with Gasteiger partial charge in [-0.25, -0.2) is 0 Å². The molecule has 3 aromatic rings. The fourth-order valence-corrected chi connectivity index (χ4v) is 3.23. The van der Waals surface area contributed by atoms with E-state index in [4.69, 9.17) is 0 Å². The zero-order valence-electron chi connectivity index (χ0n) is 12.9. The van der Waals surface area contributed by atoms with Crippen molar-refractivity contribution in [2.45, 2.75) is 13.1 Å². The minimum Gasteiger partial charge on any atom is -0.292 e. The van der Waals surface area contributed by atoms with Crippen LogP contribution in [0.3, 0.4) is 0 Å². The fourth-order valence-electron chi connectivity index (χ4n) is 2.57. The van der Waals surface area contributed by atoms with E-state index in [-0.39, 0.29) is 5.78 Å². The van der Waals surface area contributed by atoms with E-state index in [0.717, 1.165) is 18.0 Å². The van der Waals surface area contributed by atoms with E-state index < -0.39 is 0 Å². The molecule has 0 aliphatic rings. The first kappa shape index (κ1) is 15.7. The molecule has 1 heterocycles. The van der Waals surface area contributed by atoms with Crippen molar-refractivity contribution >= 4 is 17.1 Å². The van der Waals surface area contributed by atoms with Crippen LogP contribution >= 0.6 is 11.3 Å². The first-order valence-electron chi connectivity index (χ1n) is 7.68. The number of rotatable bonds is 7. The van der Waals surface area contributed by atoms with Gasteiger partial charge in [0.25, 0.3) is 0 Å². The molecule has 2 nitrogen and oxygen atoms in total. The van der Waals surface area contributed by atoms with E-state index in [1.54, 1.807) is 0 Å². The van der Waals surface area contributed by atoms with Crippen molar-refractivity contribution in [3.05, 3.63) is 94.2 Å². The quantitative estimate of drug-likeness (QED) is 0.591. The Morgan fingerprint density at radius 1 is 0.783 bits per heavy atom. The van der Waals surface area contributed by atoms with Gasteiger partial charge in [0.15, 0.2) is 5.78 Å². The lowest BCUT2D eigenvalue weighted by atomic mass is 10.1. The van der Waals surface area contributed by atoms with Gasteiger partial charge in [0, 0.05) is 13.1 Å². The fraction of sp³-hybridized carbons (Fsp3) is 0.150. The molecule has 0 unspecified atom stereocenters. The summed E-state index contributed by atoms with van der Waals surface area (Å²) in [5.41, 5.74) is 2.45. The molecule has 0 aliphatic heterocycles. The van der Waals surface area contributed by atoms with Crippen molar-refractivity contribution in [3.63, 3.8) is 0 Å². The average molecular weight is 321 g/mol. The zero-order valence-corrected chi connectivity index (χ0v) is 13.7. The normalized spacial score (nSPS) is 10.8. The van der Waals surface area contributed by atoms with E-state index in [0.29, 0.717) is 6.54 Å². The van der Waals surface area contributed by atoms with Crippen LogP contribution in [-0.2, 0) is 13.1 Å². The number of carbonyl (C=O) groups excluding carboxylic acids is 1. The highest BCUT2D eigenvalue weighted by Gasteiger charge is 2.14. The van der Waals surface area contributed by atoms with Crippen LogP contribution in [0.2, 0.25) is 0 Å². The number of hydrogen-bond donors (Lipinski definition) is 0. The molecular weight excluding hydrogens is 302 g/mol. The highest BCUT2D eigenvalue weighted by atomic mass is 32.1. The summed E-state index contributed by atoms with van der Waals surface area (Å²) in [6.07, 6.45) is 0. The Balaban J connectivity index is 1.74. The van der Waals surface area contributed by atoms with E-state index in [9.17, 15) is 4.79 Å². The maximum atomic E-state index is 12.5. The summed E-state index contributed by atoms with van der Waals surface area (Å²) < 4.78 is 0. The Hall–Kier alpha value is -2.23. The molecule has 116 valence electrons. The van der Waals surface area contributed by atoms with E-state index in [1.807, 2.05) is 53.9 Å². The van der Waals surface area contributed by atoms with Gasteiger partial charge in [0.05, 0.1) is 11.4 Å². The molecule has 0 saturated heterocycles. The van der Waals surface area contributed by atoms with Crippen LogP contribution in [0.1, 0.15) is 20.8 Å². The minimum absolute atomic E-state index is 0.187. The summed E-state index contributed by atoms with van der Waals surface area (Å²) in [6, 6.07) is 24.4. The van der Waals surface area contributed by atoms with Gasteiger partial charge in [0.2, 0.25) is 0 Å². The summed E-state index contributed by atoms with van der Waals surface area (Å²) in [5.74, 6) is 0.187. The SMILES string of the molecule is O=C(CN(Cc1ccccc1)Cc1ccccc1)c1cccs1. The zero-order chi connectivity index (χ0) is 15.9. The molecule has 0 amide bonds. The van der Waals surface area contributed by atoms with Crippen molar-refractivity contribution in [1.82, 2.24) is 4.90 Å². The van der Waals surface area contributed by atoms with Crippen LogP contribution in [0.5, 0.6) is 0 Å². The van der Waals surface area contributed by atoms with Crippen LogP contribution in [0.4, 0.5) is 0 Å². The second-order valence-corrected chi connectivity index (χ2v) is 6.46. The van der Waals surface area contributed by atoms with Gasteiger partial charge in [-0.3, -0.25) is 9.69 Å². The number of benzene rings is 2. The van der Waals surface area contributed by atoms with Crippen molar-refractivity contribution in [3.8, 4) is 0 Å². The molecule has 1 aromatic heterocycles. The first-order valence-corrected chi connectivity index (χ1v) is 8.56. The number of nitrogens with zero attached hydrogens (tertiary/aromatic N) is 1. The van der Waals surface area contributed by atoms with E-state index in [2.05, 4.69) is 29.2 Å². The molecule has 0 fully saturated rings. The topological polar surface area (TPSA) is 20.3 Å². The number of ketones is 1. The average Bonchev–Trinajstić information content (AvgIpc) is 3.11. The summed E-state index contributed by atoms with van der Waals surface area (Å²) >= 11 is 1.51. The summed E-state index contributed by atoms with van der Waals surface area (Å²) in [6.45, 7) is 1.98. The lowest BCUT2D eigenvalue weighted by Gasteiger charge is -2.21. The largest absolute Gasteiger partial charge is 0.292 e. The maximum absolute atomic E-state index is 12.5. The lowest BCUT2D eigenvalue weighted by Crippen LogP contribution is -2.28. The molecule has 3 rings (SSSR count). The predicted molar refractivity (Wildman–Crippen MR) is 95.6 cm³/mol. The molecule has 0 bridgehead atoms. The van der Waals surface area contributed by atoms with Crippen molar-refractivity contribution in [1.29, 1.82) is 0 Å². The number of hydrogen-bond acceptors (Lipinski definition) is 3. The van der Waals surface area contributed by atoms with Crippen LogP contribution in [-0.4, -0.2) is 17.2 Å². The Bertz CT molecular complexity index is 681. The van der Waals surface area contributed by atoms with Gasteiger partial charge in [-0.05, 0) is 22.6 Å². The van der Waals surface area contributed by atoms with Crippen molar-refractivity contribution < 1.29 is 4.79 Å². The Kier molecular flexibility index (Phi) is 5.35. The number of thiophene rings is 1. The third kappa shape index (κ3) is 4.62. The van der Waals surface area contributed by atoms with Crippen LogP contribution in [0.25, 0.3) is 0 Å². The minimum atomic E-state index is 0.187. The van der Waals surface area contributed by atoms with Gasteiger partial charge < -0.3 is 0 Å². The molecule has 23 heavy (non-hydrogen) atoms. The van der Waals surface area contributed by atoms with Gasteiger partial charge in [-0.2, -0.15) is 0 Å². The Labute approximate surface area is 141 Å². The van der Waals surface area contributed by atoms with E-state index in [1.165, 1.54) is 22.5 Å². The van der Waals surface area contributed by atoms with Crippen molar-refractivity contribution in [2.24, 2.45) is 0 Å². The predicted octanol–water partition coefficient (Wildman–Crippen LogP) is 4.63. The standard InChI is InChI=1S/C20H19NOS/c22-19(20-12-7-13-23-20)16-21(14-17-8-3-1-4-9-17)15-18-10-5-2-6-11-18/h1-13H,14-16H2. The third-order valence-electron chi connectivity index (χ3n) is 3.66. The molecule has 0 aliphatic carbocycles. The molecule has 0 N–H and O–H groups in total. The smallest absolute Gasteiger partial charge is 0.186 e. The summed E-state index contributed by atoms with van der Waals surface area (Å²) in [7, 11) is 0. The molecule has 2 aromatic carbocycles. The molecule has 0 saturated carbocycles. The monoisotopic (exact) mass is 321 g/mol. The van der Waals surface area contributed by atoms with Gasteiger partial charge in [-0.1, -0.05) is 66.7 Å². The second kappa shape index (κ2) is 7.86. The van der Waals surface area contributed by atoms with Crippen LogP contribution < -0.4 is 0 Å². The lowest BCUT2D eigenvalue weighted by molar-refractivity contribution is 0.0924. The highest BCUT2D eigenvalue weighted by Crippen LogP contribution is 2.14. The first-order chi connectivity index (χ1) is 11.3. The maximum Gasteiger partial charge on any atom is 0.186 e. The molecular formula is C20H19NOS. The summed E-state index contributed by atoms with van der Waals surface area (Å²) in [4.78, 5) is 15.5.